The van der Waals surface area contributed by atoms with Gasteiger partial charge in [-0.3, -0.25) is 4.79 Å². The van der Waals surface area contributed by atoms with Crippen LogP contribution in [0, 0.1) is 0 Å². The molecule has 3 aliphatic rings. The summed E-state index contributed by atoms with van der Waals surface area (Å²) in [7, 11) is 0. The SMILES string of the molecule is O=C(/C=C/c1ccc(O)cc1)OCC1O[C@@H](Oc2c(-c3ccc(O[C@@H]4OC(CO)[C@@H](O)C(O)C4O)cc3)oc3cc(O[C@@H]4OC(CO)[C@@H](O)C(O)C4O)cc(O)c3c2=O)C(O)C(O)[C@@H]1O. The zero-order chi connectivity index (χ0) is 46.9. The van der Waals surface area contributed by atoms with E-state index in [1.165, 1.54) is 54.6 Å². The standard InChI is InChI=1S/C42H46O23/c43-13-23-28(48)32(52)35(55)40(62-23)59-19-8-4-17(5-9-19)38-39(31(51)27-21(46)11-20(12-22(27)61-38)60-41-36(56)33(53)29(49)24(14-44)63-41)65-42-37(57)34(54)30(50)25(64-42)15-58-26(47)10-3-16-1-6-18(45)7-2-16/h1-12,23-25,28-30,32-37,40-46,48-50,52-57H,13-15H2/b10-3+/t23?,24?,25?,28-,29-,30-,32?,33?,34?,35?,36?,37?,40-,41-,42+/m1/s1. The van der Waals surface area contributed by atoms with Crippen LogP contribution in [0.15, 0.2) is 76.0 Å². The molecule has 4 heterocycles. The molecule has 0 aliphatic carbocycles. The topological polar surface area (TPSA) is 375 Å². The van der Waals surface area contributed by atoms with E-state index in [0.29, 0.717) is 5.56 Å². The van der Waals surface area contributed by atoms with Crippen molar-refractivity contribution in [3.05, 3.63) is 82.5 Å². The van der Waals surface area contributed by atoms with Gasteiger partial charge in [-0.2, -0.15) is 0 Å². The summed E-state index contributed by atoms with van der Waals surface area (Å²) in [5, 5.41) is 134. The maximum atomic E-state index is 14.4. The van der Waals surface area contributed by atoms with Gasteiger partial charge in [-0.25, -0.2) is 4.79 Å². The molecule has 23 heteroatoms. The first-order valence-corrected chi connectivity index (χ1v) is 19.9. The van der Waals surface area contributed by atoms with E-state index in [-0.39, 0.29) is 22.8 Å². The van der Waals surface area contributed by atoms with Crippen molar-refractivity contribution in [1.82, 2.24) is 0 Å². The molecule has 3 aromatic carbocycles. The van der Waals surface area contributed by atoms with Gasteiger partial charge in [0.25, 0.3) is 0 Å². The molecule has 9 unspecified atom stereocenters. The zero-order valence-corrected chi connectivity index (χ0v) is 33.6. The maximum Gasteiger partial charge on any atom is 0.330 e. The highest BCUT2D eigenvalue weighted by atomic mass is 16.7. The molecule has 3 aliphatic heterocycles. The molecule has 4 aromatic rings. The number of rotatable bonds is 13. The average molecular weight is 919 g/mol. The van der Waals surface area contributed by atoms with E-state index in [4.69, 9.17) is 37.6 Å². The highest BCUT2D eigenvalue weighted by molar-refractivity contribution is 5.88. The summed E-state index contributed by atoms with van der Waals surface area (Å²) >= 11 is 0. The van der Waals surface area contributed by atoms with Crippen molar-refractivity contribution < 1.29 is 109 Å². The molecule has 7 rings (SSSR count). The molecule has 3 fully saturated rings. The number of hydrogen-bond acceptors (Lipinski definition) is 23. The first-order valence-electron chi connectivity index (χ1n) is 19.9. The van der Waals surface area contributed by atoms with Gasteiger partial charge in [-0.05, 0) is 48.0 Å². The van der Waals surface area contributed by atoms with Crippen molar-refractivity contribution in [2.75, 3.05) is 19.8 Å². The van der Waals surface area contributed by atoms with Gasteiger partial charge in [0.05, 0.1) is 13.2 Å². The van der Waals surface area contributed by atoms with Crippen molar-refractivity contribution in [3.63, 3.8) is 0 Å². The van der Waals surface area contributed by atoms with Crippen LogP contribution < -0.4 is 19.6 Å². The number of fused-ring (bicyclic) bond motifs is 1. The number of phenolic OH excluding ortho intramolecular Hbond substituents is 2. The van der Waals surface area contributed by atoms with Crippen LogP contribution in [-0.2, 0) is 23.7 Å². The van der Waals surface area contributed by atoms with Crippen LogP contribution in [0.5, 0.6) is 28.7 Å². The predicted molar refractivity (Wildman–Crippen MR) is 214 cm³/mol. The number of esters is 1. The molecular weight excluding hydrogens is 872 g/mol. The fourth-order valence-electron chi connectivity index (χ4n) is 7.14. The molecule has 1 aromatic heterocycles. The summed E-state index contributed by atoms with van der Waals surface area (Å²) in [5.74, 6) is -3.24. The molecule has 0 saturated carbocycles. The number of aliphatic hydroxyl groups excluding tert-OH is 11. The van der Waals surface area contributed by atoms with Crippen molar-refractivity contribution >= 4 is 23.0 Å². The molecule has 352 valence electrons. The van der Waals surface area contributed by atoms with Crippen LogP contribution in [0.25, 0.3) is 28.4 Å². The molecule has 65 heavy (non-hydrogen) atoms. The van der Waals surface area contributed by atoms with E-state index >= 15 is 0 Å². The normalized spacial score (nSPS) is 32.9. The Morgan fingerprint density at radius 1 is 0.600 bits per heavy atom. The average Bonchev–Trinajstić information content (AvgIpc) is 3.29. The van der Waals surface area contributed by atoms with Gasteiger partial charge >= 0.3 is 5.97 Å². The lowest BCUT2D eigenvalue weighted by Gasteiger charge is -2.39. The Hall–Kier alpha value is -5.48. The number of ether oxygens (including phenoxy) is 7. The number of benzene rings is 3. The van der Waals surface area contributed by atoms with Crippen molar-refractivity contribution in [3.8, 4) is 40.1 Å². The van der Waals surface area contributed by atoms with E-state index in [1.807, 2.05) is 0 Å². The quantitative estimate of drug-likeness (QED) is 0.0461. The molecule has 0 bridgehead atoms. The lowest BCUT2D eigenvalue weighted by Crippen LogP contribution is -2.60. The van der Waals surface area contributed by atoms with Crippen LogP contribution in [0.3, 0.4) is 0 Å². The minimum atomic E-state index is -2.06. The smallest absolute Gasteiger partial charge is 0.330 e. The third-order valence-corrected chi connectivity index (χ3v) is 10.8. The fourth-order valence-corrected chi connectivity index (χ4v) is 7.14. The Morgan fingerprint density at radius 2 is 1.11 bits per heavy atom. The highest BCUT2D eigenvalue weighted by Crippen LogP contribution is 2.39. The Labute approximate surface area is 365 Å². The van der Waals surface area contributed by atoms with Gasteiger partial charge in [0.2, 0.25) is 30.0 Å². The second kappa shape index (κ2) is 19.9. The molecule has 23 nitrogen and oxygen atoms in total. The van der Waals surface area contributed by atoms with Crippen molar-refractivity contribution in [2.45, 2.75) is 92.1 Å². The third kappa shape index (κ3) is 10.0. The number of phenols is 2. The Kier molecular flexibility index (Phi) is 14.6. The van der Waals surface area contributed by atoms with E-state index in [1.54, 1.807) is 0 Å². The summed E-state index contributed by atoms with van der Waals surface area (Å²) in [6.45, 7) is -2.20. The monoisotopic (exact) mass is 918 g/mol. The van der Waals surface area contributed by atoms with Crippen LogP contribution in [0.4, 0.5) is 0 Å². The molecule has 0 spiro atoms. The first kappa shape index (κ1) is 47.5. The minimum absolute atomic E-state index is 0.00238. The summed E-state index contributed by atoms with van der Waals surface area (Å²) in [6.07, 6.45) is -23.6. The number of carbonyl (C=O) groups excluding carboxylic acids is 1. The molecule has 0 amide bonds. The second-order valence-electron chi connectivity index (χ2n) is 15.2. The lowest BCUT2D eigenvalue weighted by atomic mass is 9.99. The van der Waals surface area contributed by atoms with Crippen molar-refractivity contribution in [1.29, 1.82) is 0 Å². The Bertz CT molecular complexity index is 2350. The van der Waals surface area contributed by atoms with Crippen LogP contribution in [-0.4, -0.2) is 184 Å². The number of carbonyl (C=O) groups is 1. The van der Waals surface area contributed by atoms with Gasteiger partial charge in [0.1, 0.15) is 114 Å². The van der Waals surface area contributed by atoms with Gasteiger partial charge in [-0.15, -0.1) is 0 Å². The largest absolute Gasteiger partial charge is 0.508 e. The van der Waals surface area contributed by atoms with E-state index in [0.717, 1.165) is 18.2 Å². The van der Waals surface area contributed by atoms with Crippen LogP contribution >= 0.6 is 0 Å². The molecule has 3 saturated heterocycles. The maximum absolute atomic E-state index is 14.4. The minimum Gasteiger partial charge on any atom is -0.508 e. The van der Waals surface area contributed by atoms with Crippen LogP contribution in [0.1, 0.15) is 5.56 Å². The zero-order valence-electron chi connectivity index (χ0n) is 33.6. The van der Waals surface area contributed by atoms with E-state index in [2.05, 4.69) is 0 Å². The van der Waals surface area contributed by atoms with Gasteiger partial charge in [0, 0.05) is 23.8 Å². The molecule has 13 N–H and O–H groups in total. The fraction of sp³-hybridized carbons (Fsp3) is 0.429. The highest BCUT2D eigenvalue weighted by Gasteiger charge is 2.48. The molecular formula is C42H46O23. The number of aromatic hydroxyl groups is 2. The van der Waals surface area contributed by atoms with E-state index < -0.39 is 152 Å². The Morgan fingerprint density at radius 3 is 1.66 bits per heavy atom. The van der Waals surface area contributed by atoms with Gasteiger partial charge in [0.15, 0.2) is 5.76 Å². The van der Waals surface area contributed by atoms with Crippen LogP contribution in [0.2, 0.25) is 0 Å². The summed E-state index contributed by atoms with van der Waals surface area (Å²) in [4.78, 5) is 26.9. The summed E-state index contributed by atoms with van der Waals surface area (Å²) in [6, 6.07) is 13.0. The summed E-state index contributed by atoms with van der Waals surface area (Å²) < 4.78 is 45.0. The summed E-state index contributed by atoms with van der Waals surface area (Å²) in [5.41, 5.74) is -0.968. The number of aliphatic hydroxyl groups is 11. The van der Waals surface area contributed by atoms with Gasteiger partial charge < -0.3 is 104 Å². The van der Waals surface area contributed by atoms with Gasteiger partial charge in [-0.1, -0.05) is 12.1 Å². The predicted octanol–water partition coefficient (Wildman–Crippen LogP) is -3.33. The molecule has 15 atom stereocenters. The first-order chi connectivity index (χ1) is 31.0. The Balaban J connectivity index is 1.20. The second-order valence-corrected chi connectivity index (χ2v) is 15.2. The van der Waals surface area contributed by atoms with E-state index in [9.17, 15) is 76.0 Å². The number of hydrogen-bond donors (Lipinski definition) is 13. The lowest BCUT2D eigenvalue weighted by molar-refractivity contribution is -0.278. The third-order valence-electron chi connectivity index (χ3n) is 10.8. The van der Waals surface area contributed by atoms with Crippen molar-refractivity contribution in [2.24, 2.45) is 0 Å². The molecule has 0 radical (unpaired) electrons.